The van der Waals surface area contributed by atoms with Gasteiger partial charge in [-0.1, -0.05) is 39.3 Å². The van der Waals surface area contributed by atoms with Gasteiger partial charge in [0.2, 0.25) is 5.91 Å². The highest BCUT2D eigenvalue weighted by Gasteiger charge is 2.48. The van der Waals surface area contributed by atoms with Gasteiger partial charge in [-0.25, -0.2) is 4.79 Å². The highest BCUT2D eigenvalue weighted by atomic mass is 16.4. The summed E-state index contributed by atoms with van der Waals surface area (Å²) in [7, 11) is 0. The van der Waals surface area contributed by atoms with Gasteiger partial charge in [-0.15, -0.1) is 0 Å². The Hall–Kier alpha value is -1.69. The van der Waals surface area contributed by atoms with Crippen LogP contribution in [0, 0.1) is 11.8 Å². The molecule has 1 aliphatic carbocycles. The second kappa shape index (κ2) is 8.97. The molecule has 3 N–H and O–H groups in total. The molecular formula is C18H29NO5. The lowest BCUT2D eigenvalue weighted by Crippen LogP contribution is -2.47. The highest BCUT2D eigenvalue weighted by molar-refractivity contribution is 5.91. The zero-order chi connectivity index (χ0) is 18.3. The van der Waals surface area contributed by atoms with Crippen LogP contribution in [0.2, 0.25) is 0 Å². The second-order valence-electron chi connectivity index (χ2n) is 6.64. The number of allylic oxidation sites excluding steroid dienone is 1. The number of aliphatic carboxylic acids is 1. The Balaban J connectivity index is 2.75. The number of aliphatic hydroxyl groups is 1. The molecule has 1 rings (SSSR count). The summed E-state index contributed by atoms with van der Waals surface area (Å²) >= 11 is 0. The molecule has 0 aromatic rings. The third-order valence-electron chi connectivity index (χ3n) is 4.94. The number of carbonyl (C=O) groups excluding carboxylic acids is 2. The predicted molar refractivity (Wildman–Crippen MR) is 90.4 cm³/mol. The van der Waals surface area contributed by atoms with Crippen molar-refractivity contribution in [2.24, 2.45) is 11.8 Å². The van der Waals surface area contributed by atoms with Crippen LogP contribution in [0.25, 0.3) is 0 Å². The van der Waals surface area contributed by atoms with E-state index < -0.39 is 29.4 Å². The fourth-order valence-corrected chi connectivity index (χ4v) is 3.11. The number of carbonyl (C=O) groups is 3. The minimum atomic E-state index is -1.52. The molecule has 0 saturated heterocycles. The van der Waals surface area contributed by atoms with Crippen molar-refractivity contribution < 1.29 is 24.6 Å². The van der Waals surface area contributed by atoms with Gasteiger partial charge in [0.1, 0.15) is 11.6 Å². The Bertz CT molecular complexity index is 502. The van der Waals surface area contributed by atoms with Gasteiger partial charge in [-0.2, -0.15) is 0 Å². The topological polar surface area (TPSA) is 104 Å². The van der Waals surface area contributed by atoms with Crippen molar-refractivity contribution in [3.05, 3.63) is 12.2 Å². The summed E-state index contributed by atoms with van der Waals surface area (Å²) in [5, 5.41) is 22.5. The van der Waals surface area contributed by atoms with Crippen LogP contribution in [0.4, 0.5) is 0 Å². The van der Waals surface area contributed by atoms with Crippen LogP contribution >= 0.6 is 0 Å². The Morgan fingerprint density at radius 3 is 2.58 bits per heavy atom. The monoisotopic (exact) mass is 339 g/mol. The summed E-state index contributed by atoms with van der Waals surface area (Å²) in [6.45, 7) is 5.59. The van der Waals surface area contributed by atoms with Crippen LogP contribution in [-0.2, 0) is 14.4 Å². The van der Waals surface area contributed by atoms with E-state index in [9.17, 15) is 24.6 Å². The largest absolute Gasteiger partial charge is 0.480 e. The Morgan fingerprint density at radius 1 is 1.38 bits per heavy atom. The predicted octanol–water partition coefficient (Wildman–Crippen LogP) is 2.06. The average molecular weight is 339 g/mol. The van der Waals surface area contributed by atoms with E-state index in [1.807, 2.05) is 19.9 Å². The first-order chi connectivity index (χ1) is 11.3. The molecule has 0 bridgehead atoms. The number of rotatable bonds is 9. The zero-order valence-electron chi connectivity index (χ0n) is 14.7. The molecule has 6 heteroatoms. The van der Waals surface area contributed by atoms with Crippen LogP contribution in [-0.4, -0.2) is 39.5 Å². The maximum absolute atomic E-state index is 12.2. The summed E-state index contributed by atoms with van der Waals surface area (Å²) in [6.07, 6.45) is 5.95. The molecule has 136 valence electrons. The number of nitrogens with one attached hydrogen (secondary N) is 1. The summed E-state index contributed by atoms with van der Waals surface area (Å²) in [5.41, 5.74) is -1.52. The fourth-order valence-electron chi connectivity index (χ4n) is 3.11. The second-order valence-corrected chi connectivity index (χ2v) is 6.64. The lowest BCUT2D eigenvalue weighted by molar-refractivity contribution is -0.144. The molecule has 4 atom stereocenters. The minimum absolute atomic E-state index is 0.0393. The van der Waals surface area contributed by atoms with Gasteiger partial charge in [-0.3, -0.25) is 9.59 Å². The van der Waals surface area contributed by atoms with E-state index in [0.29, 0.717) is 12.8 Å². The Morgan fingerprint density at radius 2 is 2.04 bits per heavy atom. The third-order valence-corrected chi connectivity index (χ3v) is 4.94. The molecular weight excluding hydrogens is 310 g/mol. The number of hydrogen-bond acceptors (Lipinski definition) is 4. The minimum Gasteiger partial charge on any atom is -0.480 e. The van der Waals surface area contributed by atoms with Crippen molar-refractivity contribution in [1.29, 1.82) is 0 Å². The maximum atomic E-state index is 12.2. The first kappa shape index (κ1) is 20.4. The maximum Gasteiger partial charge on any atom is 0.326 e. The standard InChI is InChI=1S/C18H29NO5/c1-4-6-7-10-18(24)13(8-9-14(18)20)11-15(21)19-16(17(22)23)12(3)5-2/h6-7,12-13,16,24H,4-5,8-11H2,1-3H3,(H,19,21)(H,22,23)/b7-6-/t12-,13+,16-,18+/m0/s1. The van der Waals surface area contributed by atoms with E-state index in [2.05, 4.69) is 5.32 Å². The normalized spacial score (nSPS) is 26.5. The van der Waals surface area contributed by atoms with Crippen molar-refractivity contribution >= 4 is 17.7 Å². The van der Waals surface area contributed by atoms with E-state index in [4.69, 9.17) is 0 Å². The number of hydrogen-bond donors (Lipinski definition) is 3. The van der Waals surface area contributed by atoms with Gasteiger partial charge in [0.15, 0.2) is 5.78 Å². The van der Waals surface area contributed by atoms with Crippen LogP contribution in [0.15, 0.2) is 12.2 Å². The smallest absolute Gasteiger partial charge is 0.326 e. The van der Waals surface area contributed by atoms with Gasteiger partial charge in [0.05, 0.1) is 0 Å². The third kappa shape index (κ3) is 4.90. The van der Waals surface area contributed by atoms with Crippen molar-refractivity contribution in [2.45, 2.75) is 70.9 Å². The van der Waals surface area contributed by atoms with E-state index >= 15 is 0 Å². The molecule has 0 spiro atoms. The van der Waals surface area contributed by atoms with Crippen LogP contribution < -0.4 is 5.32 Å². The Labute approximate surface area is 143 Å². The quantitative estimate of drug-likeness (QED) is 0.558. The van der Waals surface area contributed by atoms with Crippen molar-refractivity contribution in [2.75, 3.05) is 0 Å². The first-order valence-electron chi connectivity index (χ1n) is 8.69. The molecule has 1 amide bonds. The average Bonchev–Trinajstić information content (AvgIpc) is 2.80. The summed E-state index contributed by atoms with van der Waals surface area (Å²) < 4.78 is 0. The fraction of sp³-hybridized carbons (Fsp3) is 0.722. The van der Waals surface area contributed by atoms with E-state index in [1.165, 1.54) is 0 Å². The van der Waals surface area contributed by atoms with E-state index in [0.717, 1.165) is 6.42 Å². The molecule has 1 aliphatic rings. The molecule has 0 aromatic carbocycles. The van der Waals surface area contributed by atoms with Crippen LogP contribution in [0.5, 0.6) is 0 Å². The highest BCUT2D eigenvalue weighted by Crippen LogP contribution is 2.38. The lowest BCUT2D eigenvalue weighted by atomic mass is 9.84. The molecule has 0 radical (unpaired) electrons. The summed E-state index contributed by atoms with van der Waals surface area (Å²) in [6, 6.07) is -0.951. The number of Topliss-reactive ketones (excluding diaryl/α,β-unsaturated/α-hetero) is 1. The number of carboxylic acid groups (broad SMARTS) is 1. The number of ketones is 1. The van der Waals surface area contributed by atoms with Crippen molar-refractivity contribution in [3.8, 4) is 0 Å². The number of amides is 1. The summed E-state index contributed by atoms with van der Waals surface area (Å²) in [4.78, 5) is 35.6. The van der Waals surface area contributed by atoms with Crippen molar-refractivity contribution in [1.82, 2.24) is 5.32 Å². The summed E-state index contributed by atoms with van der Waals surface area (Å²) in [5.74, 6) is -2.40. The van der Waals surface area contributed by atoms with Gasteiger partial charge in [0.25, 0.3) is 0 Å². The molecule has 1 saturated carbocycles. The van der Waals surface area contributed by atoms with Gasteiger partial charge in [-0.05, 0) is 18.8 Å². The van der Waals surface area contributed by atoms with Gasteiger partial charge < -0.3 is 15.5 Å². The lowest BCUT2D eigenvalue weighted by Gasteiger charge is -2.28. The SMILES string of the molecule is CC/C=C\C[C@]1(O)C(=O)CC[C@@H]1CC(=O)N[C@H](C(=O)O)[C@@H](C)CC. The number of carboxylic acids is 1. The molecule has 0 heterocycles. The van der Waals surface area contributed by atoms with Gasteiger partial charge in [0, 0.05) is 25.2 Å². The van der Waals surface area contributed by atoms with Gasteiger partial charge >= 0.3 is 5.97 Å². The zero-order valence-corrected chi connectivity index (χ0v) is 14.7. The molecule has 0 unspecified atom stereocenters. The molecule has 6 nitrogen and oxygen atoms in total. The van der Waals surface area contributed by atoms with E-state index in [-0.39, 0.29) is 31.0 Å². The van der Waals surface area contributed by atoms with E-state index in [1.54, 1.807) is 13.0 Å². The molecule has 0 aliphatic heterocycles. The first-order valence-corrected chi connectivity index (χ1v) is 8.69. The Kier molecular flexibility index (Phi) is 7.60. The van der Waals surface area contributed by atoms with Crippen LogP contribution in [0.1, 0.15) is 59.3 Å². The van der Waals surface area contributed by atoms with Crippen molar-refractivity contribution in [3.63, 3.8) is 0 Å². The molecule has 0 aromatic heterocycles. The molecule has 24 heavy (non-hydrogen) atoms. The van der Waals surface area contributed by atoms with Crippen LogP contribution in [0.3, 0.4) is 0 Å². The molecule has 1 fully saturated rings.